The Bertz CT molecular complexity index is 666. The summed E-state index contributed by atoms with van der Waals surface area (Å²) in [7, 11) is 0. The molecular formula is C22H35N3O4. The number of nitro benzene ring substituents is 1. The third-order valence-corrected chi connectivity index (χ3v) is 5.99. The van der Waals surface area contributed by atoms with E-state index in [9.17, 15) is 10.1 Å². The lowest BCUT2D eigenvalue weighted by molar-refractivity contribution is -0.384. The van der Waals surface area contributed by atoms with E-state index in [2.05, 4.69) is 24.1 Å². The van der Waals surface area contributed by atoms with Crippen LogP contribution in [0, 0.1) is 10.1 Å². The first-order chi connectivity index (χ1) is 14.0. The van der Waals surface area contributed by atoms with Crippen molar-refractivity contribution >= 4 is 11.4 Å². The Balaban J connectivity index is 1.51. The van der Waals surface area contributed by atoms with E-state index in [4.69, 9.17) is 9.47 Å². The molecule has 1 saturated heterocycles. The highest BCUT2D eigenvalue weighted by molar-refractivity contribution is 5.64. The van der Waals surface area contributed by atoms with Crippen LogP contribution < -0.4 is 10.1 Å². The second-order valence-corrected chi connectivity index (χ2v) is 8.44. The van der Waals surface area contributed by atoms with Crippen molar-refractivity contribution in [3.8, 4) is 5.75 Å². The van der Waals surface area contributed by atoms with Crippen LogP contribution in [-0.4, -0.2) is 53.8 Å². The Kier molecular flexibility index (Phi) is 7.72. The molecule has 1 aliphatic heterocycles. The molecule has 1 N–H and O–H groups in total. The molecule has 2 aliphatic rings. The number of rotatable bonds is 8. The van der Waals surface area contributed by atoms with Crippen LogP contribution in [0.25, 0.3) is 0 Å². The number of benzene rings is 1. The number of nitrogens with one attached hydrogen (secondary N) is 1. The zero-order chi connectivity index (χ0) is 20.8. The fourth-order valence-corrected chi connectivity index (χ4v) is 4.61. The third-order valence-electron chi connectivity index (χ3n) is 5.99. The third kappa shape index (κ3) is 6.06. The SMILES string of the molecule is CCOc1ccc([N+](=O)[O-])c(NC2CCN(C3CCC(OC(C)C)CC3)CC2)c1. The van der Waals surface area contributed by atoms with Gasteiger partial charge in [0.1, 0.15) is 11.4 Å². The van der Waals surface area contributed by atoms with E-state index >= 15 is 0 Å². The van der Waals surface area contributed by atoms with Gasteiger partial charge in [0.25, 0.3) is 5.69 Å². The van der Waals surface area contributed by atoms with E-state index < -0.39 is 0 Å². The van der Waals surface area contributed by atoms with Gasteiger partial charge in [-0.2, -0.15) is 0 Å². The molecule has 162 valence electrons. The molecule has 29 heavy (non-hydrogen) atoms. The Morgan fingerprint density at radius 3 is 2.45 bits per heavy atom. The molecule has 3 rings (SSSR count). The number of piperidine rings is 1. The van der Waals surface area contributed by atoms with Gasteiger partial charge >= 0.3 is 0 Å². The smallest absolute Gasteiger partial charge is 0.292 e. The van der Waals surface area contributed by atoms with Crippen molar-refractivity contribution < 1.29 is 14.4 Å². The monoisotopic (exact) mass is 405 g/mol. The van der Waals surface area contributed by atoms with Gasteiger partial charge in [0.2, 0.25) is 0 Å². The van der Waals surface area contributed by atoms with Crippen molar-refractivity contribution in [3.63, 3.8) is 0 Å². The topological polar surface area (TPSA) is 76.9 Å². The normalized spacial score (nSPS) is 23.9. The van der Waals surface area contributed by atoms with Crippen LogP contribution >= 0.6 is 0 Å². The highest BCUT2D eigenvalue weighted by Gasteiger charge is 2.30. The maximum absolute atomic E-state index is 11.4. The summed E-state index contributed by atoms with van der Waals surface area (Å²) < 4.78 is 11.5. The Morgan fingerprint density at radius 1 is 1.17 bits per heavy atom. The first-order valence-electron chi connectivity index (χ1n) is 11.0. The van der Waals surface area contributed by atoms with Crippen molar-refractivity contribution in [2.24, 2.45) is 0 Å². The van der Waals surface area contributed by atoms with Gasteiger partial charge in [0, 0.05) is 37.3 Å². The molecular weight excluding hydrogens is 370 g/mol. The minimum Gasteiger partial charge on any atom is -0.494 e. The zero-order valence-electron chi connectivity index (χ0n) is 17.9. The van der Waals surface area contributed by atoms with Crippen molar-refractivity contribution in [1.82, 2.24) is 4.90 Å². The van der Waals surface area contributed by atoms with Crippen LogP contribution in [0.1, 0.15) is 59.3 Å². The summed E-state index contributed by atoms with van der Waals surface area (Å²) in [6.45, 7) is 8.75. The fraction of sp³-hybridized carbons (Fsp3) is 0.727. The van der Waals surface area contributed by atoms with Crippen molar-refractivity contribution in [3.05, 3.63) is 28.3 Å². The Morgan fingerprint density at radius 2 is 1.86 bits per heavy atom. The van der Waals surface area contributed by atoms with Crippen molar-refractivity contribution in [1.29, 1.82) is 0 Å². The molecule has 1 aromatic rings. The molecule has 7 nitrogen and oxygen atoms in total. The van der Waals surface area contributed by atoms with Crippen LogP contribution in [0.4, 0.5) is 11.4 Å². The van der Waals surface area contributed by atoms with Gasteiger partial charge in [-0.25, -0.2) is 0 Å². The number of hydrogen-bond acceptors (Lipinski definition) is 6. The summed E-state index contributed by atoms with van der Waals surface area (Å²) >= 11 is 0. The molecule has 0 radical (unpaired) electrons. The molecule has 1 aliphatic carbocycles. The van der Waals surface area contributed by atoms with Gasteiger partial charge < -0.3 is 19.7 Å². The van der Waals surface area contributed by atoms with Gasteiger partial charge in [-0.1, -0.05) is 0 Å². The van der Waals surface area contributed by atoms with Crippen molar-refractivity contribution in [2.45, 2.75) is 83.6 Å². The molecule has 1 heterocycles. The van der Waals surface area contributed by atoms with Gasteiger partial charge in [0.15, 0.2) is 0 Å². The molecule has 0 bridgehead atoms. The minimum absolute atomic E-state index is 0.111. The van der Waals surface area contributed by atoms with Gasteiger partial charge in [-0.05, 0) is 65.4 Å². The van der Waals surface area contributed by atoms with E-state index in [1.54, 1.807) is 12.1 Å². The van der Waals surface area contributed by atoms with Crippen LogP contribution in [0.5, 0.6) is 5.75 Å². The summed E-state index contributed by atoms with van der Waals surface area (Å²) in [5.41, 5.74) is 0.671. The fourth-order valence-electron chi connectivity index (χ4n) is 4.61. The summed E-state index contributed by atoms with van der Waals surface area (Å²) in [6.07, 6.45) is 7.44. The average molecular weight is 406 g/mol. The van der Waals surface area contributed by atoms with Crippen LogP contribution in [0.3, 0.4) is 0 Å². The summed E-state index contributed by atoms with van der Waals surface area (Å²) in [5, 5.41) is 14.8. The second-order valence-electron chi connectivity index (χ2n) is 8.44. The molecule has 1 saturated carbocycles. The molecule has 0 aromatic heterocycles. The first kappa shape index (κ1) is 21.8. The minimum atomic E-state index is -0.329. The molecule has 1 aromatic carbocycles. The molecule has 7 heteroatoms. The van der Waals surface area contributed by atoms with Crippen LogP contribution in [0.15, 0.2) is 18.2 Å². The van der Waals surface area contributed by atoms with E-state index in [0.717, 1.165) is 38.8 Å². The van der Waals surface area contributed by atoms with Gasteiger partial charge in [0.05, 0.1) is 23.7 Å². The summed E-state index contributed by atoms with van der Waals surface area (Å²) in [5.74, 6) is 0.665. The zero-order valence-corrected chi connectivity index (χ0v) is 17.9. The van der Waals surface area contributed by atoms with Crippen LogP contribution in [-0.2, 0) is 4.74 Å². The number of anilines is 1. The first-order valence-corrected chi connectivity index (χ1v) is 11.0. The Hall–Kier alpha value is -1.86. The number of hydrogen-bond donors (Lipinski definition) is 1. The number of nitro groups is 1. The quantitative estimate of drug-likeness (QED) is 0.503. The number of likely N-dealkylation sites (tertiary alicyclic amines) is 1. The predicted molar refractivity (Wildman–Crippen MR) is 115 cm³/mol. The second kappa shape index (κ2) is 10.3. The average Bonchev–Trinajstić information content (AvgIpc) is 2.69. The molecule has 0 unspecified atom stereocenters. The number of ether oxygens (including phenoxy) is 2. The molecule has 0 amide bonds. The maximum Gasteiger partial charge on any atom is 0.292 e. The largest absolute Gasteiger partial charge is 0.494 e. The van der Waals surface area contributed by atoms with E-state index in [-0.39, 0.29) is 16.7 Å². The maximum atomic E-state index is 11.4. The highest BCUT2D eigenvalue weighted by atomic mass is 16.6. The number of nitrogens with zero attached hydrogens (tertiary/aromatic N) is 2. The van der Waals surface area contributed by atoms with E-state index in [1.807, 2.05) is 6.92 Å². The molecule has 0 spiro atoms. The van der Waals surface area contributed by atoms with Gasteiger partial charge in [-0.15, -0.1) is 0 Å². The summed E-state index contributed by atoms with van der Waals surface area (Å²) in [6, 6.07) is 5.85. The lowest BCUT2D eigenvalue weighted by Gasteiger charge is -2.41. The lowest BCUT2D eigenvalue weighted by atomic mass is 9.90. The van der Waals surface area contributed by atoms with Crippen molar-refractivity contribution in [2.75, 3.05) is 25.0 Å². The van der Waals surface area contributed by atoms with Gasteiger partial charge in [-0.3, -0.25) is 10.1 Å². The summed E-state index contributed by atoms with van der Waals surface area (Å²) in [4.78, 5) is 13.7. The lowest BCUT2D eigenvalue weighted by Crippen LogP contribution is -2.46. The van der Waals surface area contributed by atoms with Crippen LogP contribution in [0.2, 0.25) is 0 Å². The Labute approximate surface area is 173 Å². The predicted octanol–water partition coefficient (Wildman–Crippen LogP) is 4.61. The molecule has 0 atom stereocenters. The van der Waals surface area contributed by atoms with E-state index in [1.165, 1.54) is 18.9 Å². The molecule has 2 fully saturated rings. The highest BCUT2D eigenvalue weighted by Crippen LogP contribution is 2.32. The standard InChI is InChI=1S/C22H35N3O4/c1-4-28-20-9-10-22(25(26)27)21(15-20)23-17-11-13-24(14-12-17)18-5-7-19(8-6-18)29-16(2)3/h9-10,15-19,23H,4-8,11-14H2,1-3H3. The van der Waals surface area contributed by atoms with E-state index in [0.29, 0.717) is 36.3 Å².